The molecule has 0 saturated heterocycles. The molecule has 0 fully saturated rings. The van der Waals surface area contributed by atoms with E-state index in [9.17, 15) is 0 Å². The Hall–Kier alpha value is -2.11. The van der Waals surface area contributed by atoms with E-state index in [1.165, 1.54) is 0 Å². The second-order valence-corrected chi connectivity index (χ2v) is 3.49. The standard InChI is InChI=1S/C10H13N5O/c1-6-5-15(14-9(6)11)10-12-7(2)4-8(13-10)16-3/h4-5H,1-3H3,(H2,11,14). The van der Waals surface area contributed by atoms with E-state index in [4.69, 9.17) is 10.5 Å². The highest BCUT2D eigenvalue weighted by Crippen LogP contribution is 2.13. The van der Waals surface area contributed by atoms with E-state index in [0.29, 0.717) is 17.6 Å². The van der Waals surface area contributed by atoms with Crippen LogP contribution in [0.5, 0.6) is 5.88 Å². The monoisotopic (exact) mass is 219 g/mol. The lowest BCUT2D eigenvalue weighted by Gasteiger charge is -2.03. The molecule has 84 valence electrons. The Labute approximate surface area is 93.1 Å². The maximum absolute atomic E-state index is 5.67. The zero-order valence-corrected chi connectivity index (χ0v) is 9.43. The summed E-state index contributed by atoms with van der Waals surface area (Å²) in [4.78, 5) is 8.45. The molecule has 0 aliphatic carbocycles. The highest BCUT2D eigenvalue weighted by molar-refractivity contribution is 5.38. The normalized spacial score (nSPS) is 10.4. The van der Waals surface area contributed by atoms with Gasteiger partial charge in [-0.3, -0.25) is 0 Å². The molecule has 0 aliphatic rings. The van der Waals surface area contributed by atoms with Gasteiger partial charge in [0.2, 0.25) is 5.88 Å². The van der Waals surface area contributed by atoms with E-state index >= 15 is 0 Å². The summed E-state index contributed by atoms with van der Waals surface area (Å²) in [7, 11) is 1.56. The lowest BCUT2D eigenvalue weighted by atomic mass is 10.4. The molecule has 16 heavy (non-hydrogen) atoms. The number of nitrogens with zero attached hydrogens (tertiary/aromatic N) is 4. The molecule has 2 N–H and O–H groups in total. The van der Waals surface area contributed by atoms with Crippen LogP contribution in [0.2, 0.25) is 0 Å². The summed E-state index contributed by atoms with van der Waals surface area (Å²) >= 11 is 0. The summed E-state index contributed by atoms with van der Waals surface area (Å²) in [6.07, 6.45) is 1.78. The number of rotatable bonds is 2. The first-order valence-corrected chi connectivity index (χ1v) is 4.82. The van der Waals surface area contributed by atoms with Gasteiger partial charge in [-0.2, -0.15) is 4.98 Å². The van der Waals surface area contributed by atoms with E-state index < -0.39 is 0 Å². The average Bonchev–Trinajstić information content (AvgIpc) is 2.58. The molecule has 0 amide bonds. The van der Waals surface area contributed by atoms with Gasteiger partial charge in [0, 0.05) is 23.5 Å². The Morgan fingerprint density at radius 2 is 2.06 bits per heavy atom. The molecule has 2 rings (SSSR count). The fraction of sp³-hybridized carbons (Fsp3) is 0.300. The van der Waals surface area contributed by atoms with Crippen LogP contribution in [-0.2, 0) is 0 Å². The SMILES string of the molecule is COc1cc(C)nc(-n2cc(C)c(N)n2)n1. The molecule has 0 unspecified atom stereocenters. The number of aryl methyl sites for hydroxylation is 2. The van der Waals surface area contributed by atoms with E-state index in [1.54, 1.807) is 24.1 Å². The molecule has 2 aromatic rings. The first-order valence-electron chi connectivity index (χ1n) is 4.82. The second kappa shape index (κ2) is 3.80. The fourth-order valence-electron chi connectivity index (χ4n) is 1.31. The second-order valence-electron chi connectivity index (χ2n) is 3.49. The third-order valence-electron chi connectivity index (χ3n) is 2.17. The molecular formula is C10H13N5O. The van der Waals surface area contributed by atoms with Gasteiger partial charge in [-0.1, -0.05) is 0 Å². The summed E-state index contributed by atoms with van der Waals surface area (Å²) in [5, 5.41) is 4.11. The van der Waals surface area contributed by atoms with Crippen LogP contribution in [0.3, 0.4) is 0 Å². The smallest absolute Gasteiger partial charge is 0.254 e. The minimum Gasteiger partial charge on any atom is -0.481 e. The highest BCUT2D eigenvalue weighted by Gasteiger charge is 2.07. The quantitative estimate of drug-likeness (QED) is 0.810. The van der Waals surface area contributed by atoms with Gasteiger partial charge in [-0.05, 0) is 13.8 Å². The summed E-state index contributed by atoms with van der Waals surface area (Å²) in [5.41, 5.74) is 7.37. The Morgan fingerprint density at radius 3 is 2.62 bits per heavy atom. The van der Waals surface area contributed by atoms with Crippen LogP contribution in [0, 0.1) is 13.8 Å². The van der Waals surface area contributed by atoms with Gasteiger partial charge in [0.15, 0.2) is 0 Å². The number of aromatic nitrogens is 4. The molecule has 6 nitrogen and oxygen atoms in total. The zero-order chi connectivity index (χ0) is 11.7. The van der Waals surface area contributed by atoms with Gasteiger partial charge in [0.1, 0.15) is 5.82 Å². The van der Waals surface area contributed by atoms with Gasteiger partial charge in [-0.25, -0.2) is 9.67 Å². The first-order chi connectivity index (χ1) is 7.60. The van der Waals surface area contributed by atoms with Crippen LogP contribution in [0.25, 0.3) is 5.95 Å². The Kier molecular flexibility index (Phi) is 2.47. The van der Waals surface area contributed by atoms with Crippen LogP contribution in [0.15, 0.2) is 12.3 Å². The van der Waals surface area contributed by atoms with Crippen LogP contribution in [-0.4, -0.2) is 26.9 Å². The number of methoxy groups -OCH3 is 1. The van der Waals surface area contributed by atoms with Crippen LogP contribution >= 0.6 is 0 Å². The molecule has 0 saturated carbocycles. The third kappa shape index (κ3) is 1.81. The molecule has 2 heterocycles. The van der Waals surface area contributed by atoms with E-state index in [2.05, 4.69) is 15.1 Å². The van der Waals surface area contributed by atoms with Crippen molar-refractivity contribution in [2.75, 3.05) is 12.8 Å². The molecule has 2 aromatic heterocycles. The minimum atomic E-state index is 0.455. The summed E-state index contributed by atoms with van der Waals surface area (Å²) in [5.74, 6) is 1.44. The number of anilines is 1. The van der Waals surface area contributed by atoms with Crippen molar-refractivity contribution < 1.29 is 4.74 Å². The molecular weight excluding hydrogens is 206 g/mol. The molecule has 0 atom stereocenters. The lowest BCUT2D eigenvalue weighted by molar-refractivity contribution is 0.395. The van der Waals surface area contributed by atoms with Crippen molar-refractivity contribution >= 4 is 5.82 Å². The topological polar surface area (TPSA) is 78.9 Å². The predicted octanol–water partition coefficient (Wildman–Crippen LogP) is 0.870. The number of hydrogen-bond acceptors (Lipinski definition) is 5. The number of nitrogen functional groups attached to an aromatic ring is 1. The maximum atomic E-state index is 5.67. The fourth-order valence-corrected chi connectivity index (χ4v) is 1.31. The van der Waals surface area contributed by atoms with Gasteiger partial charge < -0.3 is 10.5 Å². The molecule has 0 bridgehead atoms. The minimum absolute atomic E-state index is 0.455. The van der Waals surface area contributed by atoms with Crippen LogP contribution < -0.4 is 10.5 Å². The lowest BCUT2D eigenvalue weighted by Crippen LogP contribution is -2.04. The number of ether oxygens (including phenoxy) is 1. The van der Waals surface area contributed by atoms with Crippen molar-refractivity contribution in [3.63, 3.8) is 0 Å². The largest absolute Gasteiger partial charge is 0.481 e. The summed E-state index contributed by atoms with van der Waals surface area (Å²) in [6.45, 7) is 3.75. The Balaban J connectivity index is 2.50. The van der Waals surface area contributed by atoms with Gasteiger partial charge >= 0.3 is 0 Å². The summed E-state index contributed by atoms with van der Waals surface area (Å²) in [6, 6.07) is 1.75. The molecule has 0 aromatic carbocycles. The molecule has 0 aliphatic heterocycles. The molecule has 6 heteroatoms. The Bertz CT molecular complexity index is 500. The predicted molar refractivity (Wildman–Crippen MR) is 59.6 cm³/mol. The van der Waals surface area contributed by atoms with Crippen molar-refractivity contribution in [2.45, 2.75) is 13.8 Å². The highest BCUT2D eigenvalue weighted by atomic mass is 16.5. The van der Waals surface area contributed by atoms with Crippen LogP contribution in [0.1, 0.15) is 11.3 Å². The van der Waals surface area contributed by atoms with Crippen molar-refractivity contribution in [3.05, 3.63) is 23.5 Å². The third-order valence-corrected chi connectivity index (χ3v) is 2.17. The average molecular weight is 219 g/mol. The van der Waals surface area contributed by atoms with Crippen molar-refractivity contribution in [1.82, 2.24) is 19.7 Å². The molecule has 0 radical (unpaired) electrons. The van der Waals surface area contributed by atoms with Crippen molar-refractivity contribution in [2.24, 2.45) is 0 Å². The van der Waals surface area contributed by atoms with E-state index in [1.807, 2.05) is 13.8 Å². The zero-order valence-electron chi connectivity index (χ0n) is 9.43. The van der Waals surface area contributed by atoms with Crippen molar-refractivity contribution in [3.8, 4) is 11.8 Å². The Morgan fingerprint density at radius 1 is 1.31 bits per heavy atom. The first kappa shape index (κ1) is 10.4. The molecule has 0 spiro atoms. The maximum Gasteiger partial charge on any atom is 0.254 e. The van der Waals surface area contributed by atoms with Gasteiger partial charge in [0.05, 0.1) is 7.11 Å². The number of nitrogens with two attached hydrogens (primary N) is 1. The van der Waals surface area contributed by atoms with Gasteiger partial charge in [-0.15, -0.1) is 5.10 Å². The summed E-state index contributed by atoms with van der Waals surface area (Å²) < 4.78 is 6.61. The number of hydrogen-bond donors (Lipinski definition) is 1. The van der Waals surface area contributed by atoms with Crippen molar-refractivity contribution in [1.29, 1.82) is 0 Å². The van der Waals surface area contributed by atoms with E-state index in [0.717, 1.165) is 11.3 Å². The van der Waals surface area contributed by atoms with E-state index in [-0.39, 0.29) is 0 Å². The van der Waals surface area contributed by atoms with Gasteiger partial charge in [0.25, 0.3) is 5.95 Å². The van der Waals surface area contributed by atoms with Crippen LogP contribution in [0.4, 0.5) is 5.82 Å².